The fourth-order valence-electron chi connectivity index (χ4n) is 3.40. The highest BCUT2D eigenvalue weighted by Crippen LogP contribution is 2.20. The molecule has 22 heavy (non-hydrogen) atoms. The summed E-state index contributed by atoms with van der Waals surface area (Å²) in [4.78, 5) is 29.0. The molecule has 5 nitrogen and oxygen atoms in total. The van der Waals surface area contributed by atoms with Gasteiger partial charge in [0, 0.05) is 37.8 Å². The third-order valence-corrected chi connectivity index (χ3v) is 4.77. The van der Waals surface area contributed by atoms with Crippen molar-refractivity contribution in [3.63, 3.8) is 0 Å². The molecule has 1 aromatic carbocycles. The molecule has 0 aromatic heterocycles. The molecule has 118 valence electrons. The minimum absolute atomic E-state index is 0.0377. The van der Waals surface area contributed by atoms with Crippen molar-refractivity contribution in [2.45, 2.75) is 25.8 Å². The summed E-state index contributed by atoms with van der Waals surface area (Å²) in [5.41, 5.74) is 1.56. The molecule has 3 fully saturated rings. The average Bonchev–Trinajstić information content (AvgIpc) is 2.86. The van der Waals surface area contributed by atoms with Crippen molar-refractivity contribution in [1.29, 1.82) is 0 Å². The summed E-state index contributed by atoms with van der Waals surface area (Å²) in [7, 11) is 0. The molecule has 4 rings (SSSR count). The first-order valence-electron chi connectivity index (χ1n) is 8.01. The molecule has 0 aliphatic carbocycles. The van der Waals surface area contributed by atoms with Crippen molar-refractivity contribution >= 4 is 11.8 Å². The van der Waals surface area contributed by atoms with E-state index in [4.69, 9.17) is 0 Å². The molecule has 2 amide bonds. The third-order valence-electron chi connectivity index (χ3n) is 4.77. The highest BCUT2D eigenvalue weighted by atomic mass is 16.2. The highest BCUT2D eigenvalue weighted by molar-refractivity contribution is 5.97. The predicted molar refractivity (Wildman–Crippen MR) is 84.7 cm³/mol. The number of benzene rings is 1. The number of hydrogen-bond acceptors (Lipinski definition) is 3. The third kappa shape index (κ3) is 3.14. The number of hydrogen-bond donors (Lipinski definition) is 1. The maximum absolute atomic E-state index is 12.5. The Morgan fingerprint density at radius 2 is 1.86 bits per heavy atom. The monoisotopic (exact) mass is 301 g/mol. The van der Waals surface area contributed by atoms with Crippen LogP contribution in [0.25, 0.3) is 0 Å². The van der Waals surface area contributed by atoms with E-state index < -0.39 is 0 Å². The molecule has 0 saturated carbocycles. The molecule has 3 aliphatic rings. The molecule has 1 aromatic rings. The Labute approximate surface area is 131 Å². The second-order valence-corrected chi connectivity index (χ2v) is 6.16. The van der Waals surface area contributed by atoms with Gasteiger partial charge < -0.3 is 15.1 Å². The van der Waals surface area contributed by atoms with E-state index in [0.29, 0.717) is 11.6 Å². The zero-order chi connectivity index (χ0) is 15.5. The summed E-state index contributed by atoms with van der Waals surface area (Å²) < 4.78 is 0. The molecule has 3 heterocycles. The van der Waals surface area contributed by atoms with Crippen LogP contribution in [0.15, 0.2) is 24.3 Å². The van der Waals surface area contributed by atoms with Gasteiger partial charge in [-0.15, -0.1) is 0 Å². The largest absolute Gasteiger partial charge is 0.343 e. The lowest BCUT2D eigenvalue weighted by molar-refractivity contribution is -0.132. The van der Waals surface area contributed by atoms with Gasteiger partial charge >= 0.3 is 0 Å². The van der Waals surface area contributed by atoms with Crippen molar-refractivity contribution in [3.8, 4) is 0 Å². The number of carbonyl (C=O) groups excluding carboxylic acids is 2. The van der Waals surface area contributed by atoms with E-state index in [0.717, 1.165) is 44.6 Å². The molecule has 0 spiro atoms. The fourth-order valence-corrected chi connectivity index (χ4v) is 3.40. The summed E-state index contributed by atoms with van der Waals surface area (Å²) in [6.45, 7) is 5.90. The van der Waals surface area contributed by atoms with E-state index in [-0.39, 0.29) is 18.4 Å². The Bertz CT molecular complexity index is 565. The van der Waals surface area contributed by atoms with Crippen LogP contribution in [0.2, 0.25) is 0 Å². The lowest BCUT2D eigenvalue weighted by Gasteiger charge is -2.31. The topological polar surface area (TPSA) is 52.7 Å². The summed E-state index contributed by atoms with van der Waals surface area (Å²) in [6, 6.07) is 7.78. The Morgan fingerprint density at radius 3 is 2.59 bits per heavy atom. The van der Waals surface area contributed by atoms with Crippen LogP contribution in [0.1, 0.15) is 28.8 Å². The number of piperidine rings is 1. The Balaban J connectivity index is 1.58. The lowest BCUT2D eigenvalue weighted by Crippen LogP contribution is -2.46. The van der Waals surface area contributed by atoms with Crippen molar-refractivity contribution in [1.82, 2.24) is 15.1 Å². The quantitative estimate of drug-likeness (QED) is 0.907. The number of nitrogens with one attached hydrogen (secondary N) is 1. The van der Waals surface area contributed by atoms with Gasteiger partial charge in [-0.1, -0.05) is 18.2 Å². The molecule has 3 saturated heterocycles. The van der Waals surface area contributed by atoms with E-state index in [9.17, 15) is 9.59 Å². The van der Waals surface area contributed by atoms with Crippen molar-refractivity contribution in [2.75, 3.05) is 32.7 Å². The minimum atomic E-state index is -0.172. The summed E-state index contributed by atoms with van der Waals surface area (Å²) in [5, 5.41) is 2.77. The molecule has 1 N–H and O–H groups in total. The molecule has 0 radical (unpaired) electrons. The first-order chi connectivity index (χ1) is 10.6. The van der Waals surface area contributed by atoms with Gasteiger partial charge in [0.05, 0.1) is 6.54 Å². The van der Waals surface area contributed by atoms with Gasteiger partial charge in [0.15, 0.2) is 0 Å². The van der Waals surface area contributed by atoms with E-state index in [2.05, 4.69) is 10.2 Å². The first kappa shape index (κ1) is 15.0. The zero-order valence-corrected chi connectivity index (χ0v) is 13.0. The van der Waals surface area contributed by atoms with Crippen LogP contribution >= 0.6 is 0 Å². The number of rotatable bonds is 3. The molecule has 3 aliphatic heterocycles. The molecular weight excluding hydrogens is 278 g/mol. The van der Waals surface area contributed by atoms with Gasteiger partial charge in [-0.25, -0.2) is 0 Å². The lowest BCUT2D eigenvalue weighted by atomic mass is 10.1. The molecule has 0 unspecified atom stereocenters. The van der Waals surface area contributed by atoms with Gasteiger partial charge in [-0.3, -0.25) is 9.59 Å². The predicted octanol–water partition coefficient (Wildman–Crippen LogP) is 1.03. The molecule has 0 atom stereocenters. The normalized spacial score (nSPS) is 24.0. The smallest absolute Gasteiger partial charge is 0.251 e. The van der Waals surface area contributed by atoms with Crippen molar-refractivity contribution in [3.05, 3.63) is 35.4 Å². The van der Waals surface area contributed by atoms with Gasteiger partial charge in [-0.2, -0.15) is 0 Å². The van der Waals surface area contributed by atoms with E-state index in [1.165, 1.54) is 0 Å². The maximum atomic E-state index is 12.5. The number of fused-ring (bicyclic) bond motifs is 4. The van der Waals surface area contributed by atoms with Crippen LogP contribution in [-0.4, -0.2) is 60.4 Å². The van der Waals surface area contributed by atoms with Crippen LogP contribution in [0, 0.1) is 6.92 Å². The van der Waals surface area contributed by atoms with Gasteiger partial charge in [0.1, 0.15) is 0 Å². The second-order valence-electron chi connectivity index (χ2n) is 6.16. The Kier molecular flexibility index (Phi) is 4.43. The summed E-state index contributed by atoms with van der Waals surface area (Å²) in [5.74, 6) is -0.134. The summed E-state index contributed by atoms with van der Waals surface area (Å²) >= 11 is 0. The number of carbonyl (C=O) groups is 2. The average molecular weight is 301 g/mol. The van der Waals surface area contributed by atoms with Crippen molar-refractivity contribution < 1.29 is 9.59 Å². The van der Waals surface area contributed by atoms with Crippen molar-refractivity contribution in [2.24, 2.45) is 0 Å². The zero-order valence-electron chi connectivity index (χ0n) is 13.0. The number of nitrogens with zero attached hydrogens (tertiary/aromatic N) is 2. The van der Waals surface area contributed by atoms with E-state index in [1.54, 1.807) is 6.07 Å². The SMILES string of the molecule is Cc1ccccc1C(=O)NCC(=O)N1CCN2CCC1CC2. The van der Waals surface area contributed by atoms with Crippen LogP contribution in [0.3, 0.4) is 0 Å². The Morgan fingerprint density at radius 1 is 1.14 bits per heavy atom. The molecule has 2 bridgehead atoms. The van der Waals surface area contributed by atoms with Crippen LogP contribution in [0.5, 0.6) is 0 Å². The van der Waals surface area contributed by atoms with Crippen LogP contribution in [-0.2, 0) is 4.79 Å². The van der Waals surface area contributed by atoms with Gasteiger partial charge in [-0.05, 0) is 31.4 Å². The van der Waals surface area contributed by atoms with Gasteiger partial charge in [0.2, 0.25) is 5.91 Å². The fraction of sp³-hybridized carbons (Fsp3) is 0.529. The van der Waals surface area contributed by atoms with E-state index in [1.807, 2.05) is 30.0 Å². The summed E-state index contributed by atoms with van der Waals surface area (Å²) in [6.07, 6.45) is 2.11. The first-order valence-corrected chi connectivity index (χ1v) is 8.01. The highest BCUT2D eigenvalue weighted by Gasteiger charge is 2.31. The van der Waals surface area contributed by atoms with Gasteiger partial charge in [0.25, 0.3) is 5.91 Å². The minimum Gasteiger partial charge on any atom is -0.343 e. The van der Waals surface area contributed by atoms with Crippen LogP contribution in [0.4, 0.5) is 0 Å². The van der Waals surface area contributed by atoms with E-state index >= 15 is 0 Å². The Hall–Kier alpha value is -1.88. The van der Waals surface area contributed by atoms with Crippen LogP contribution < -0.4 is 5.32 Å². The molecule has 5 heteroatoms. The standard InChI is InChI=1S/C17H23N3O2/c1-13-4-2-3-5-15(13)17(22)18-12-16(21)20-11-10-19-8-6-14(20)7-9-19/h2-5,14H,6-12H2,1H3,(H,18,22). The maximum Gasteiger partial charge on any atom is 0.251 e. The number of amides is 2. The molecular formula is C17H23N3O2. The second kappa shape index (κ2) is 6.48. The number of aryl methyl sites for hydroxylation is 1.